The van der Waals surface area contributed by atoms with E-state index in [0.29, 0.717) is 12.0 Å². The summed E-state index contributed by atoms with van der Waals surface area (Å²) >= 11 is 0. The van der Waals surface area contributed by atoms with Gasteiger partial charge in [-0.3, -0.25) is 0 Å². The fourth-order valence-corrected chi connectivity index (χ4v) is 2.66. The SMILES string of the molecule is CCCc1cc(C)ccc1CCC(=C(C)C)/C(F)=C(/F)CC. The van der Waals surface area contributed by atoms with Crippen molar-refractivity contribution < 1.29 is 8.78 Å². The Morgan fingerprint density at radius 1 is 1.00 bits per heavy atom. The number of aryl methyl sites for hydroxylation is 3. The second-order valence-electron chi connectivity index (χ2n) is 6.07. The summed E-state index contributed by atoms with van der Waals surface area (Å²) in [7, 11) is 0. The third kappa shape index (κ3) is 5.08. The Morgan fingerprint density at radius 3 is 2.23 bits per heavy atom. The van der Waals surface area contributed by atoms with Crippen molar-refractivity contribution in [1.29, 1.82) is 0 Å². The third-order valence-electron chi connectivity index (χ3n) is 3.94. The van der Waals surface area contributed by atoms with Crippen LogP contribution in [0.4, 0.5) is 8.78 Å². The minimum atomic E-state index is -0.661. The van der Waals surface area contributed by atoms with Crippen molar-refractivity contribution in [2.24, 2.45) is 0 Å². The molecule has 0 atom stereocenters. The summed E-state index contributed by atoms with van der Waals surface area (Å²) in [5.41, 5.74) is 5.19. The second kappa shape index (κ2) is 8.87. The van der Waals surface area contributed by atoms with Gasteiger partial charge in [-0.15, -0.1) is 0 Å². The minimum absolute atomic E-state index is 0.105. The number of allylic oxidation sites excluding steroid dienone is 4. The quantitative estimate of drug-likeness (QED) is 0.487. The molecule has 0 aliphatic carbocycles. The highest BCUT2D eigenvalue weighted by Crippen LogP contribution is 2.28. The van der Waals surface area contributed by atoms with Gasteiger partial charge in [0.25, 0.3) is 0 Å². The first-order chi connectivity index (χ1) is 10.4. The molecule has 0 saturated heterocycles. The molecule has 1 aromatic rings. The fourth-order valence-electron chi connectivity index (χ4n) is 2.66. The van der Waals surface area contributed by atoms with Gasteiger partial charge < -0.3 is 0 Å². The fraction of sp³-hybridized carbons (Fsp3) is 0.500. The Balaban J connectivity index is 2.99. The molecule has 0 spiro atoms. The molecule has 0 amide bonds. The summed E-state index contributed by atoms with van der Waals surface area (Å²) in [6.07, 6.45) is 3.52. The van der Waals surface area contributed by atoms with E-state index in [-0.39, 0.29) is 6.42 Å². The zero-order valence-corrected chi connectivity index (χ0v) is 14.5. The van der Waals surface area contributed by atoms with E-state index in [0.717, 1.165) is 24.8 Å². The van der Waals surface area contributed by atoms with Gasteiger partial charge in [-0.1, -0.05) is 49.6 Å². The Hall–Kier alpha value is -1.44. The number of halogens is 2. The lowest BCUT2D eigenvalue weighted by Crippen LogP contribution is -1.99. The molecule has 0 aliphatic heterocycles. The predicted molar refractivity (Wildman–Crippen MR) is 91.4 cm³/mol. The molecular weight excluding hydrogens is 278 g/mol. The Kier molecular flexibility index (Phi) is 7.50. The average Bonchev–Trinajstić information content (AvgIpc) is 2.48. The Morgan fingerprint density at radius 2 is 1.68 bits per heavy atom. The number of benzene rings is 1. The summed E-state index contributed by atoms with van der Waals surface area (Å²) in [6.45, 7) is 9.58. The lowest BCUT2D eigenvalue weighted by molar-refractivity contribution is 0.518. The van der Waals surface area contributed by atoms with Crippen LogP contribution in [-0.4, -0.2) is 0 Å². The first kappa shape index (κ1) is 18.6. The van der Waals surface area contributed by atoms with E-state index in [9.17, 15) is 8.78 Å². The van der Waals surface area contributed by atoms with E-state index >= 15 is 0 Å². The normalized spacial score (nSPS) is 12.1. The molecule has 22 heavy (non-hydrogen) atoms. The molecule has 0 aromatic heterocycles. The summed E-state index contributed by atoms with van der Waals surface area (Å²) in [5.74, 6) is -1.31. The standard InChI is InChI=1S/C20H28F2/c1-6-8-17-13-15(5)9-10-16(17)11-12-18(14(3)4)20(22)19(21)7-2/h9-10,13H,6-8,11-12H2,1-5H3/b20-19-. The largest absolute Gasteiger partial charge is 0.209 e. The van der Waals surface area contributed by atoms with Crippen LogP contribution in [0.3, 0.4) is 0 Å². The van der Waals surface area contributed by atoms with Crippen LogP contribution in [0.1, 0.15) is 63.6 Å². The van der Waals surface area contributed by atoms with E-state index in [1.807, 2.05) is 13.8 Å². The molecule has 1 rings (SSSR count). The molecule has 0 N–H and O–H groups in total. The van der Waals surface area contributed by atoms with Crippen LogP contribution in [0, 0.1) is 6.92 Å². The predicted octanol–water partition coefficient (Wildman–Crippen LogP) is 6.78. The van der Waals surface area contributed by atoms with Crippen LogP contribution in [0.5, 0.6) is 0 Å². The first-order valence-corrected chi connectivity index (χ1v) is 8.19. The smallest absolute Gasteiger partial charge is 0.157 e. The van der Waals surface area contributed by atoms with Gasteiger partial charge >= 0.3 is 0 Å². The molecule has 2 heteroatoms. The maximum absolute atomic E-state index is 14.2. The Labute approximate surface area is 133 Å². The van der Waals surface area contributed by atoms with Crippen LogP contribution in [0.2, 0.25) is 0 Å². The van der Waals surface area contributed by atoms with Crippen LogP contribution >= 0.6 is 0 Å². The van der Waals surface area contributed by atoms with Crippen LogP contribution < -0.4 is 0 Å². The molecule has 0 bridgehead atoms. The van der Waals surface area contributed by atoms with Crippen molar-refractivity contribution in [2.45, 2.75) is 66.7 Å². The van der Waals surface area contributed by atoms with E-state index in [2.05, 4.69) is 32.0 Å². The molecule has 0 radical (unpaired) electrons. The summed E-state index contributed by atoms with van der Waals surface area (Å²) in [4.78, 5) is 0. The summed E-state index contributed by atoms with van der Waals surface area (Å²) < 4.78 is 27.8. The molecule has 122 valence electrons. The van der Waals surface area contributed by atoms with E-state index in [4.69, 9.17) is 0 Å². The second-order valence-corrected chi connectivity index (χ2v) is 6.07. The summed E-state index contributed by atoms with van der Waals surface area (Å²) in [5, 5.41) is 0. The lowest BCUT2D eigenvalue weighted by Gasteiger charge is -2.13. The van der Waals surface area contributed by atoms with Gasteiger partial charge in [0, 0.05) is 0 Å². The van der Waals surface area contributed by atoms with Crippen molar-refractivity contribution in [3.63, 3.8) is 0 Å². The molecule has 0 nitrogen and oxygen atoms in total. The third-order valence-corrected chi connectivity index (χ3v) is 3.94. The average molecular weight is 306 g/mol. The van der Waals surface area contributed by atoms with Gasteiger partial charge in [0.1, 0.15) is 5.83 Å². The van der Waals surface area contributed by atoms with Crippen LogP contribution in [0.15, 0.2) is 41.0 Å². The molecule has 0 fully saturated rings. The van der Waals surface area contributed by atoms with Gasteiger partial charge in [-0.05, 0) is 63.2 Å². The number of rotatable bonds is 7. The van der Waals surface area contributed by atoms with Crippen molar-refractivity contribution in [3.05, 3.63) is 57.7 Å². The highest BCUT2D eigenvalue weighted by atomic mass is 19.2. The zero-order valence-electron chi connectivity index (χ0n) is 14.5. The Bertz CT molecular complexity index is 561. The molecule has 0 heterocycles. The van der Waals surface area contributed by atoms with Crippen molar-refractivity contribution in [3.8, 4) is 0 Å². The zero-order chi connectivity index (χ0) is 16.7. The van der Waals surface area contributed by atoms with Crippen molar-refractivity contribution in [2.75, 3.05) is 0 Å². The maximum Gasteiger partial charge on any atom is 0.157 e. The topological polar surface area (TPSA) is 0 Å². The van der Waals surface area contributed by atoms with Gasteiger partial charge in [-0.2, -0.15) is 0 Å². The molecule has 0 aliphatic rings. The molecular formula is C20H28F2. The van der Waals surface area contributed by atoms with E-state index in [1.165, 1.54) is 16.7 Å². The van der Waals surface area contributed by atoms with Gasteiger partial charge in [0.2, 0.25) is 0 Å². The van der Waals surface area contributed by atoms with E-state index < -0.39 is 11.7 Å². The first-order valence-electron chi connectivity index (χ1n) is 8.19. The highest BCUT2D eigenvalue weighted by Gasteiger charge is 2.13. The monoisotopic (exact) mass is 306 g/mol. The molecule has 1 aromatic carbocycles. The van der Waals surface area contributed by atoms with Crippen LogP contribution in [-0.2, 0) is 12.8 Å². The lowest BCUT2D eigenvalue weighted by atomic mass is 9.94. The van der Waals surface area contributed by atoms with Gasteiger partial charge in [0.15, 0.2) is 5.83 Å². The van der Waals surface area contributed by atoms with E-state index in [1.54, 1.807) is 6.92 Å². The molecule has 0 unspecified atom stereocenters. The molecule has 0 saturated carbocycles. The highest BCUT2D eigenvalue weighted by molar-refractivity contribution is 5.35. The maximum atomic E-state index is 14.2. The van der Waals surface area contributed by atoms with Crippen molar-refractivity contribution in [1.82, 2.24) is 0 Å². The van der Waals surface area contributed by atoms with Gasteiger partial charge in [0.05, 0.1) is 0 Å². The summed E-state index contributed by atoms with van der Waals surface area (Å²) in [6, 6.07) is 6.43. The van der Waals surface area contributed by atoms with Crippen molar-refractivity contribution >= 4 is 0 Å². The van der Waals surface area contributed by atoms with Crippen LogP contribution in [0.25, 0.3) is 0 Å². The minimum Gasteiger partial charge on any atom is -0.209 e. The number of hydrogen-bond donors (Lipinski definition) is 0. The number of hydrogen-bond acceptors (Lipinski definition) is 0. The van der Waals surface area contributed by atoms with Gasteiger partial charge in [-0.25, -0.2) is 8.78 Å².